The van der Waals surface area contributed by atoms with Crippen LogP contribution < -0.4 is 4.89 Å². The van der Waals surface area contributed by atoms with E-state index in [1.807, 2.05) is 0 Å². The average molecular weight is 858 g/mol. The summed E-state index contributed by atoms with van der Waals surface area (Å²) in [5.74, 6) is -1.17. The summed E-state index contributed by atoms with van der Waals surface area (Å²) in [6, 6.07) is 0. The van der Waals surface area contributed by atoms with Crippen LogP contribution >= 0.6 is 7.82 Å². The van der Waals surface area contributed by atoms with Gasteiger partial charge in [-0.3, -0.25) is 14.2 Å². The largest absolute Gasteiger partial charge is 0.756 e. The minimum Gasteiger partial charge on any atom is -0.756 e. The second kappa shape index (κ2) is 35.4. The maximum atomic E-state index is 12.7. The van der Waals surface area contributed by atoms with Crippen molar-refractivity contribution in [2.24, 2.45) is 0 Å². The number of unbranched alkanes of at least 4 members (excludes halogenated alkanes) is 16. The molecule has 1 aliphatic carbocycles. The van der Waals surface area contributed by atoms with Gasteiger partial charge in [0.15, 0.2) is 6.10 Å². The molecule has 0 aromatic carbocycles. The van der Waals surface area contributed by atoms with Crippen LogP contribution in [0.5, 0.6) is 0 Å². The van der Waals surface area contributed by atoms with E-state index in [9.17, 15) is 44.6 Å². The molecular formula is C45H78O13P-. The maximum Gasteiger partial charge on any atom is 0.306 e. The first kappa shape index (κ1) is 54.8. The molecule has 0 spiro atoms. The number of rotatable bonds is 36. The molecular weight excluding hydrogens is 779 g/mol. The SMILES string of the molecule is CCCCC/C=C\C/C=C\CCCCCCCC(=O)OC[C@@H](COP(=O)([O-])OC1[C@H](O)[C@H](O)C(O)[C@H](O)[C@H]1O)OC(=O)CCCCCCC/C=C\C/C=C\CCCCC. The second-order valence-electron chi connectivity index (χ2n) is 15.5. The minimum absolute atomic E-state index is 0.0605. The van der Waals surface area contributed by atoms with Crippen LogP contribution in [-0.2, 0) is 32.7 Å². The highest BCUT2D eigenvalue weighted by Gasteiger charge is 2.50. The van der Waals surface area contributed by atoms with Crippen molar-refractivity contribution < 1.29 is 63.1 Å². The highest BCUT2D eigenvalue weighted by molar-refractivity contribution is 7.45. The van der Waals surface area contributed by atoms with Crippen LogP contribution in [0.1, 0.15) is 168 Å². The number of aliphatic hydroxyl groups is 5. The standard InChI is InChI=1S/C45H79O13P/c1-3-5-7-9-11-13-15-17-19-21-23-25-27-29-31-33-38(46)55-35-37(36-56-59(53,54)58-45-43(51)41(49)40(48)42(50)44(45)52)57-39(47)34-32-30-28-26-24-22-20-18-16-14-12-10-8-6-4-2/h11-14,17-20,37,40-45,48-52H,3-10,15-16,21-36H2,1-2H3,(H,53,54)/p-1/b13-11-,14-12-,19-17-,20-18-/t37-,40?,41-,42+,43+,44+,45?/m0/s1. The molecule has 0 amide bonds. The summed E-state index contributed by atoms with van der Waals surface area (Å²) in [6.45, 7) is 3.12. The minimum atomic E-state index is -5.37. The number of phosphoric acid groups is 1. The second-order valence-corrected chi connectivity index (χ2v) is 16.9. The molecule has 1 aliphatic rings. The Hall–Kier alpha value is -2.19. The van der Waals surface area contributed by atoms with Gasteiger partial charge in [-0.1, -0.05) is 127 Å². The van der Waals surface area contributed by atoms with Crippen molar-refractivity contribution >= 4 is 19.8 Å². The van der Waals surface area contributed by atoms with Gasteiger partial charge in [-0.2, -0.15) is 0 Å². The van der Waals surface area contributed by atoms with E-state index in [1.165, 1.54) is 38.5 Å². The molecule has 1 saturated carbocycles. The summed E-state index contributed by atoms with van der Waals surface area (Å²) in [6.07, 6.45) is 26.9. The number of hydrogen-bond acceptors (Lipinski definition) is 13. The number of carbonyl (C=O) groups excluding carboxylic acids is 2. The number of hydrogen-bond donors (Lipinski definition) is 5. The smallest absolute Gasteiger partial charge is 0.306 e. The zero-order valence-corrected chi connectivity index (χ0v) is 36.9. The fraction of sp³-hybridized carbons (Fsp3) is 0.778. The summed E-state index contributed by atoms with van der Waals surface area (Å²) in [5.41, 5.74) is 0. The van der Waals surface area contributed by atoms with Crippen LogP contribution in [-0.4, -0.2) is 93.4 Å². The molecule has 0 radical (unpaired) electrons. The number of phosphoric ester groups is 1. The fourth-order valence-corrected chi connectivity index (χ4v) is 7.41. The van der Waals surface area contributed by atoms with E-state index < -0.39 is 75.7 Å². The van der Waals surface area contributed by atoms with Crippen molar-refractivity contribution in [3.63, 3.8) is 0 Å². The number of aliphatic hydroxyl groups excluding tert-OH is 5. The zero-order chi connectivity index (χ0) is 43.6. The van der Waals surface area contributed by atoms with E-state index in [1.54, 1.807) is 0 Å². The van der Waals surface area contributed by atoms with Crippen molar-refractivity contribution in [1.82, 2.24) is 0 Å². The van der Waals surface area contributed by atoms with Gasteiger partial charge in [0, 0.05) is 12.8 Å². The van der Waals surface area contributed by atoms with Crippen LogP contribution in [0.4, 0.5) is 0 Å². The molecule has 0 bridgehead atoms. The summed E-state index contributed by atoms with van der Waals surface area (Å²) in [7, 11) is -5.37. The monoisotopic (exact) mass is 858 g/mol. The Morgan fingerprint density at radius 3 is 1.39 bits per heavy atom. The Balaban J connectivity index is 2.50. The van der Waals surface area contributed by atoms with E-state index >= 15 is 0 Å². The number of esters is 2. The molecule has 13 nitrogen and oxygen atoms in total. The molecule has 1 fully saturated rings. The number of allylic oxidation sites excluding steroid dienone is 8. The molecule has 0 aromatic heterocycles. The van der Waals surface area contributed by atoms with Gasteiger partial charge in [-0.25, -0.2) is 0 Å². The Morgan fingerprint density at radius 2 is 0.932 bits per heavy atom. The molecule has 59 heavy (non-hydrogen) atoms. The zero-order valence-electron chi connectivity index (χ0n) is 36.0. The van der Waals surface area contributed by atoms with E-state index in [4.69, 9.17) is 18.5 Å². The first-order valence-corrected chi connectivity index (χ1v) is 23.9. The Bertz CT molecular complexity index is 1220. The van der Waals surface area contributed by atoms with Gasteiger partial charge in [0.05, 0.1) is 6.61 Å². The van der Waals surface area contributed by atoms with Crippen LogP contribution in [0.2, 0.25) is 0 Å². The summed E-state index contributed by atoms with van der Waals surface area (Å²) in [4.78, 5) is 37.9. The van der Waals surface area contributed by atoms with E-state index in [2.05, 4.69) is 62.5 Å². The van der Waals surface area contributed by atoms with E-state index in [-0.39, 0.29) is 12.8 Å². The number of ether oxygens (including phenoxy) is 2. The van der Waals surface area contributed by atoms with Crippen molar-refractivity contribution in [2.75, 3.05) is 13.2 Å². The molecule has 14 heteroatoms. The van der Waals surface area contributed by atoms with Gasteiger partial charge in [-0.15, -0.1) is 0 Å². The quantitative estimate of drug-likeness (QED) is 0.0177. The Kier molecular flexibility index (Phi) is 32.9. The van der Waals surface area contributed by atoms with Gasteiger partial charge in [0.2, 0.25) is 0 Å². The summed E-state index contributed by atoms with van der Waals surface area (Å²) in [5, 5.41) is 50.0. The van der Waals surface area contributed by atoms with Crippen LogP contribution in [0, 0.1) is 0 Å². The number of carbonyl (C=O) groups is 2. The van der Waals surface area contributed by atoms with Crippen LogP contribution in [0.3, 0.4) is 0 Å². The average Bonchev–Trinajstić information content (AvgIpc) is 3.21. The first-order valence-electron chi connectivity index (χ1n) is 22.4. The predicted octanol–water partition coefficient (Wildman–Crippen LogP) is 7.76. The van der Waals surface area contributed by atoms with E-state index in [0.29, 0.717) is 12.8 Å². The highest BCUT2D eigenvalue weighted by Crippen LogP contribution is 2.43. The van der Waals surface area contributed by atoms with Crippen LogP contribution in [0.15, 0.2) is 48.6 Å². The van der Waals surface area contributed by atoms with Gasteiger partial charge in [0.25, 0.3) is 7.82 Å². The van der Waals surface area contributed by atoms with Gasteiger partial charge >= 0.3 is 11.9 Å². The molecule has 0 heterocycles. The lowest BCUT2D eigenvalue weighted by atomic mass is 9.85. The molecule has 3 unspecified atom stereocenters. The van der Waals surface area contributed by atoms with Gasteiger partial charge < -0.3 is 48.9 Å². The molecule has 5 N–H and O–H groups in total. The van der Waals surface area contributed by atoms with Crippen molar-refractivity contribution in [3.8, 4) is 0 Å². The highest BCUT2D eigenvalue weighted by atomic mass is 31.2. The van der Waals surface area contributed by atoms with E-state index in [0.717, 1.165) is 89.9 Å². The molecule has 0 aromatic rings. The van der Waals surface area contributed by atoms with Crippen molar-refractivity contribution in [2.45, 2.75) is 211 Å². The van der Waals surface area contributed by atoms with Crippen molar-refractivity contribution in [1.29, 1.82) is 0 Å². The fourth-order valence-electron chi connectivity index (χ4n) is 6.46. The molecule has 0 aliphatic heterocycles. The molecule has 1 rings (SSSR count). The third-order valence-corrected chi connectivity index (χ3v) is 11.1. The summed E-state index contributed by atoms with van der Waals surface area (Å²) < 4.78 is 33.1. The predicted molar refractivity (Wildman–Crippen MR) is 228 cm³/mol. The van der Waals surface area contributed by atoms with Gasteiger partial charge in [0.1, 0.15) is 43.2 Å². The lowest BCUT2D eigenvalue weighted by molar-refractivity contribution is -0.261. The summed E-state index contributed by atoms with van der Waals surface area (Å²) >= 11 is 0. The molecule has 342 valence electrons. The maximum absolute atomic E-state index is 12.7. The lowest BCUT2D eigenvalue weighted by Crippen LogP contribution is -2.64. The molecule has 0 saturated heterocycles. The lowest BCUT2D eigenvalue weighted by Gasteiger charge is -2.43. The normalized spacial score (nSPS) is 22.8. The third-order valence-electron chi connectivity index (χ3n) is 10.1. The van der Waals surface area contributed by atoms with Crippen molar-refractivity contribution in [3.05, 3.63) is 48.6 Å². The Morgan fingerprint density at radius 1 is 0.542 bits per heavy atom. The Labute approximate surface area is 354 Å². The molecule has 8 atom stereocenters. The van der Waals surface area contributed by atoms with Gasteiger partial charge in [-0.05, 0) is 77.0 Å². The first-order chi connectivity index (χ1) is 28.4. The third kappa shape index (κ3) is 28.1. The topological polar surface area (TPSA) is 212 Å². The van der Waals surface area contributed by atoms with Crippen LogP contribution in [0.25, 0.3) is 0 Å².